The highest BCUT2D eigenvalue weighted by Crippen LogP contribution is 2.00. The van der Waals surface area contributed by atoms with Crippen LogP contribution in [0.2, 0.25) is 0 Å². The summed E-state index contributed by atoms with van der Waals surface area (Å²) >= 11 is 0. The quantitative estimate of drug-likeness (QED) is 0.479. The largest absolute Gasteiger partial charge is 0.388 e. The summed E-state index contributed by atoms with van der Waals surface area (Å²) in [5.74, 6) is 0.789. The first-order valence-corrected chi connectivity index (χ1v) is 7.49. The third kappa shape index (κ3) is 9.92. The van der Waals surface area contributed by atoms with Gasteiger partial charge in [-0.15, -0.1) is 0 Å². The van der Waals surface area contributed by atoms with E-state index in [2.05, 4.69) is 13.8 Å². The van der Waals surface area contributed by atoms with E-state index >= 15 is 0 Å². The number of hydrogen-bond donors (Lipinski definition) is 2. The highest BCUT2D eigenvalue weighted by Gasteiger charge is 2.11. The molecule has 0 aliphatic rings. The minimum Gasteiger partial charge on any atom is -0.388 e. The molecule has 96 valence electrons. The summed E-state index contributed by atoms with van der Waals surface area (Å²) in [5.41, 5.74) is 5.29. The van der Waals surface area contributed by atoms with Crippen molar-refractivity contribution in [2.24, 2.45) is 11.7 Å². The van der Waals surface area contributed by atoms with Crippen molar-refractivity contribution in [1.82, 2.24) is 4.90 Å². The molecule has 6 heteroatoms. The minimum absolute atomic E-state index is 0.146. The molecule has 0 saturated heterocycles. The van der Waals surface area contributed by atoms with Gasteiger partial charge < -0.3 is 10.6 Å². The zero-order valence-corrected chi connectivity index (χ0v) is 11.2. The normalized spacial score (nSPS) is 12.3. The van der Waals surface area contributed by atoms with Gasteiger partial charge in [-0.3, -0.25) is 5.41 Å². The maximum atomic E-state index is 11.1. The molecular weight excluding hydrogens is 226 g/mol. The molecule has 0 amide bonds. The Hall–Kier alpha value is -0.620. The maximum absolute atomic E-state index is 11.1. The lowest BCUT2D eigenvalue weighted by atomic mass is 10.2. The monoisotopic (exact) mass is 249 g/mol. The van der Waals surface area contributed by atoms with Crippen molar-refractivity contribution in [1.29, 1.82) is 5.41 Å². The van der Waals surface area contributed by atoms with Gasteiger partial charge in [0.2, 0.25) is 0 Å². The standard InChI is InChI=1S/C10H23N3O2S/c1-9(2)8-13(5-4-10(11)12)6-7-16(3,14)15/h9H,4-8H2,1-3H3,(H3,11,12). The maximum Gasteiger partial charge on any atom is 0.148 e. The van der Waals surface area contributed by atoms with E-state index in [1.165, 1.54) is 6.26 Å². The summed E-state index contributed by atoms with van der Waals surface area (Å²) in [4.78, 5) is 2.05. The molecule has 0 aromatic heterocycles. The third-order valence-electron chi connectivity index (χ3n) is 2.10. The highest BCUT2D eigenvalue weighted by atomic mass is 32.2. The van der Waals surface area contributed by atoms with Gasteiger partial charge in [0, 0.05) is 32.3 Å². The second-order valence-corrected chi connectivity index (χ2v) is 6.86. The average molecular weight is 249 g/mol. The Balaban J connectivity index is 4.15. The fraction of sp³-hybridized carbons (Fsp3) is 0.900. The summed E-state index contributed by atoms with van der Waals surface area (Å²) in [7, 11) is -2.92. The van der Waals surface area contributed by atoms with Crippen LogP contribution in [0.4, 0.5) is 0 Å². The molecule has 0 aliphatic carbocycles. The van der Waals surface area contributed by atoms with Gasteiger partial charge in [0.05, 0.1) is 11.6 Å². The van der Waals surface area contributed by atoms with Crippen molar-refractivity contribution >= 4 is 15.7 Å². The predicted octanol–water partition coefficient (Wildman–Crippen LogP) is 0.315. The Kier molecular flexibility index (Phi) is 6.59. The van der Waals surface area contributed by atoms with Gasteiger partial charge in [-0.2, -0.15) is 0 Å². The summed E-state index contributed by atoms with van der Waals surface area (Å²) < 4.78 is 22.1. The summed E-state index contributed by atoms with van der Waals surface area (Å²) in [6.07, 6.45) is 1.74. The van der Waals surface area contributed by atoms with Crippen molar-refractivity contribution in [3.63, 3.8) is 0 Å². The lowest BCUT2D eigenvalue weighted by Crippen LogP contribution is -2.34. The first-order chi connectivity index (χ1) is 7.20. The number of nitrogens with one attached hydrogen (secondary N) is 1. The molecule has 0 saturated carbocycles. The smallest absolute Gasteiger partial charge is 0.148 e. The van der Waals surface area contributed by atoms with Gasteiger partial charge in [0.25, 0.3) is 0 Å². The number of nitrogens with two attached hydrogens (primary N) is 1. The lowest BCUT2D eigenvalue weighted by molar-refractivity contribution is 0.264. The molecule has 0 aliphatic heterocycles. The Labute approximate surface area is 98.4 Å². The van der Waals surface area contributed by atoms with Crippen LogP contribution in [0.25, 0.3) is 0 Å². The van der Waals surface area contributed by atoms with Crippen molar-refractivity contribution in [2.45, 2.75) is 20.3 Å². The van der Waals surface area contributed by atoms with Crippen molar-refractivity contribution in [3.8, 4) is 0 Å². The van der Waals surface area contributed by atoms with E-state index in [4.69, 9.17) is 11.1 Å². The molecule has 0 rings (SSSR count). The Bertz CT molecular complexity index is 312. The van der Waals surface area contributed by atoms with E-state index in [9.17, 15) is 8.42 Å². The number of nitrogens with zero attached hydrogens (tertiary/aromatic N) is 1. The first-order valence-electron chi connectivity index (χ1n) is 5.43. The van der Waals surface area contributed by atoms with E-state index in [-0.39, 0.29) is 11.6 Å². The van der Waals surface area contributed by atoms with E-state index in [0.717, 1.165) is 6.54 Å². The van der Waals surface area contributed by atoms with Crippen LogP contribution in [-0.4, -0.2) is 50.8 Å². The van der Waals surface area contributed by atoms with E-state index in [1.54, 1.807) is 0 Å². The molecule has 0 aromatic rings. The van der Waals surface area contributed by atoms with Gasteiger partial charge in [-0.05, 0) is 5.92 Å². The Morgan fingerprint density at radius 2 is 1.94 bits per heavy atom. The molecule has 0 atom stereocenters. The molecule has 0 radical (unpaired) electrons. The van der Waals surface area contributed by atoms with Gasteiger partial charge in [-0.1, -0.05) is 13.8 Å². The van der Waals surface area contributed by atoms with E-state index in [1.807, 2.05) is 4.90 Å². The van der Waals surface area contributed by atoms with Gasteiger partial charge in [-0.25, -0.2) is 8.42 Å². The summed E-state index contributed by atoms with van der Waals surface area (Å²) in [6, 6.07) is 0. The topological polar surface area (TPSA) is 87.2 Å². The van der Waals surface area contributed by atoms with Crippen LogP contribution >= 0.6 is 0 Å². The molecule has 0 heterocycles. The second kappa shape index (κ2) is 6.85. The molecule has 0 unspecified atom stereocenters. The number of rotatable bonds is 8. The van der Waals surface area contributed by atoms with Crippen LogP contribution < -0.4 is 5.73 Å². The Morgan fingerprint density at radius 1 is 1.38 bits per heavy atom. The van der Waals surface area contributed by atoms with E-state index in [0.29, 0.717) is 25.4 Å². The molecule has 5 nitrogen and oxygen atoms in total. The van der Waals surface area contributed by atoms with Crippen molar-refractivity contribution in [2.75, 3.05) is 31.6 Å². The van der Waals surface area contributed by atoms with Gasteiger partial charge in [0.1, 0.15) is 9.84 Å². The number of hydrogen-bond acceptors (Lipinski definition) is 4. The van der Waals surface area contributed by atoms with Crippen molar-refractivity contribution in [3.05, 3.63) is 0 Å². The van der Waals surface area contributed by atoms with Crippen LogP contribution in [0.1, 0.15) is 20.3 Å². The fourth-order valence-electron chi connectivity index (χ4n) is 1.38. The van der Waals surface area contributed by atoms with Gasteiger partial charge >= 0.3 is 0 Å². The van der Waals surface area contributed by atoms with E-state index < -0.39 is 9.84 Å². The van der Waals surface area contributed by atoms with Crippen LogP contribution in [0.15, 0.2) is 0 Å². The number of amidine groups is 1. The Morgan fingerprint density at radius 3 is 2.31 bits per heavy atom. The lowest BCUT2D eigenvalue weighted by Gasteiger charge is -2.23. The van der Waals surface area contributed by atoms with Crippen LogP contribution in [0.3, 0.4) is 0 Å². The SMILES string of the molecule is CC(C)CN(CCC(=N)N)CCS(C)(=O)=O. The molecule has 0 bridgehead atoms. The van der Waals surface area contributed by atoms with Crippen LogP contribution in [0, 0.1) is 11.3 Å². The molecular formula is C10H23N3O2S. The fourth-order valence-corrected chi connectivity index (χ4v) is 1.97. The molecule has 16 heavy (non-hydrogen) atoms. The van der Waals surface area contributed by atoms with Crippen LogP contribution in [-0.2, 0) is 9.84 Å². The molecule has 0 aromatic carbocycles. The molecule has 0 spiro atoms. The predicted molar refractivity (Wildman–Crippen MR) is 67.5 cm³/mol. The first kappa shape index (κ1) is 15.4. The van der Waals surface area contributed by atoms with Crippen LogP contribution in [0.5, 0.6) is 0 Å². The zero-order valence-electron chi connectivity index (χ0n) is 10.4. The summed E-state index contributed by atoms with van der Waals surface area (Å²) in [6.45, 7) is 6.18. The van der Waals surface area contributed by atoms with Gasteiger partial charge in [0.15, 0.2) is 0 Å². The highest BCUT2D eigenvalue weighted by molar-refractivity contribution is 7.90. The molecule has 0 fully saturated rings. The number of sulfone groups is 1. The zero-order chi connectivity index (χ0) is 12.8. The second-order valence-electron chi connectivity index (χ2n) is 4.60. The minimum atomic E-state index is -2.92. The average Bonchev–Trinajstić information content (AvgIpc) is 2.07. The molecule has 3 N–H and O–H groups in total. The summed E-state index contributed by atoms with van der Waals surface area (Å²) in [5, 5.41) is 7.16. The van der Waals surface area contributed by atoms with Crippen molar-refractivity contribution < 1.29 is 8.42 Å². The third-order valence-corrected chi connectivity index (χ3v) is 3.02.